The normalized spacial score (nSPS) is 11.4. The van der Waals surface area contributed by atoms with E-state index in [0.29, 0.717) is 12.1 Å². The Morgan fingerprint density at radius 3 is 2.24 bits per heavy atom. The van der Waals surface area contributed by atoms with Crippen molar-refractivity contribution in [2.75, 3.05) is 0 Å². The Morgan fingerprint density at radius 1 is 0.920 bits per heavy atom. The van der Waals surface area contributed by atoms with E-state index in [1.54, 1.807) is 23.5 Å². The van der Waals surface area contributed by atoms with Gasteiger partial charge in [0.05, 0.1) is 11.4 Å². The predicted molar refractivity (Wildman–Crippen MR) is 100 cm³/mol. The minimum absolute atomic E-state index is 0.0767. The van der Waals surface area contributed by atoms with Crippen molar-refractivity contribution in [3.63, 3.8) is 0 Å². The first-order valence-electron chi connectivity index (χ1n) is 7.47. The zero-order valence-electron chi connectivity index (χ0n) is 13.1. The van der Waals surface area contributed by atoms with Gasteiger partial charge >= 0.3 is 0 Å². The summed E-state index contributed by atoms with van der Waals surface area (Å²) in [5.74, 6) is -0.302. The van der Waals surface area contributed by atoms with Crippen LogP contribution in [0.1, 0.15) is 20.1 Å². The summed E-state index contributed by atoms with van der Waals surface area (Å²) < 4.78 is 27.4. The first-order valence-corrected chi connectivity index (χ1v) is 10.7. The van der Waals surface area contributed by atoms with Gasteiger partial charge in [-0.1, -0.05) is 18.2 Å². The summed E-state index contributed by atoms with van der Waals surface area (Å²) in [5, 5.41) is 6.62. The summed E-state index contributed by atoms with van der Waals surface area (Å²) in [6, 6.07) is 13.6. The Bertz CT molecular complexity index is 933. The zero-order valence-corrected chi connectivity index (χ0v) is 15.6. The molecule has 130 valence electrons. The molecule has 0 aliphatic heterocycles. The zero-order chi connectivity index (χ0) is 17.7. The number of hydrogen-bond acceptors (Lipinski definition) is 5. The van der Waals surface area contributed by atoms with Gasteiger partial charge in [-0.2, -0.15) is 0 Å². The summed E-state index contributed by atoms with van der Waals surface area (Å²) in [4.78, 5) is 14.3. The fraction of sp³-hybridized carbons (Fsp3) is 0.118. The van der Waals surface area contributed by atoms with E-state index in [2.05, 4.69) is 10.0 Å². The van der Waals surface area contributed by atoms with E-state index in [9.17, 15) is 13.2 Å². The first-order chi connectivity index (χ1) is 12.0. The van der Waals surface area contributed by atoms with E-state index in [-0.39, 0.29) is 17.3 Å². The van der Waals surface area contributed by atoms with E-state index in [1.165, 1.54) is 23.5 Å². The molecule has 0 aliphatic rings. The fourth-order valence-corrected chi connectivity index (χ4v) is 4.58. The Labute approximate surface area is 154 Å². The summed E-state index contributed by atoms with van der Waals surface area (Å²) >= 11 is 3.04. The Balaban J connectivity index is 1.68. The van der Waals surface area contributed by atoms with Crippen LogP contribution in [-0.4, -0.2) is 14.3 Å². The number of benzene rings is 1. The molecule has 1 amide bonds. The third-order valence-corrected chi connectivity index (χ3v) is 6.58. The molecule has 25 heavy (non-hydrogen) atoms. The maximum Gasteiger partial charge on any atom is 0.251 e. The van der Waals surface area contributed by atoms with Crippen molar-refractivity contribution < 1.29 is 13.2 Å². The maximum atomic E-state index is 12.4. The van der Waals surface area contributed by atoms with Gasteiger partial charge in [0.1, 0.15) is 0 Å². The highest BCUT2D eigenvalue weighted by Gasteiger charge is 2.16. The van der Waals surface area contributed by atoms with Crippen molar-refractivity contribution in [2.24, 2.45) is 0 Å². The SMILES string of the molecule is O=C(NCc1cccs1)c1cccc(S(=O)(=O)NCc2cccs2)c1. The highest BCUT2D eigenvalue weighted by Crippen LogP contribution is 2.14. The highest BCUT2D eigenvalue weighted by atomic mass is 32.2. The van der Waals surface area contributed by atoms with Crippen LogP contribution in [0.5, 0.6) is 0 Å². The quantitative estimate of drug-likeness (QED) is 0.648. The molecule has 0 saturated carbocycles. The van der Waals surface area contributed by atoms with Gasteiger partial charge < -0.3 is 5.32 Å². The first kappa shape index (κ1) is 17.8. The monoisotopic (exact) mass is 392 g/mol. The molecule has 0 aliphatic carbocycles. The molecular weight excluding hydrogens is 376 g/mol. The summed E-state index contributed by atoms with van der Waals surface area (Å²) in [5.41, 5.74) is 0.315. The minimum atomic E-state index is -3.67. The average molecular weight is 393 g/mol. The molecule has 0 spiro atoms. The van der Waals surface area contributed by atoms with E-state index in [0.717, 1.165) is 9.75 Å². The molecule has 3 rings (SSSR count). The standard InChI is InChI=1S/C17H16N2O3S3/c20-17(18-11-14-5-2-8-23-14)13-4-1-7-16(10-13)25(21,22)19-12-15-6-3-9-24-15/h1-10,19H,11-12H2,(H,18,20). The molecule has 0 unspecified atom stereocenters. The van der Waals surface area contributed by atoms with Crippen LogP contribution >= 0.6 is 22.7 Å². The van der Waals surface area contributed by atoms with Gasteiger partial charge in [0, 0.05) is 21.9 Å². The van der Waals surface area contributed by atoms with Gasteiger partial charge in [0.15, 0.2) is 0 Å². The van der Waals surface area contributed by atoms with Gasteiger partial charge in [-0.25, -0.2) is 13.1 Å². The van der Waals surface area contributed by atoms with Crippen LogP contribution < -0.4 is 10.0 Å². The smallest absolute Gasteiger partial charge is 0.251 e. The molecule has 0 bridgehead atoms. The number of rotatable bonds is 7. The Hall–Kier alpha value is -2.00. The number of carbonyl (C=O) groups is 1. The van der Waals surface area contributed by atoms with Crippen LogP contribution in [0.2, 0.25) is 0 Å². The Morgan fingerprint density at radius 2 is 1.60 bits per heavy atom. The number of nitrogens with one attached hydrogen (secondary N) is 2. The van der Waals surface area contributed by atoms with Crippen molar-refractivity contribution in [3.8, 4) is 0 Å². The topological polar surface area (TPSA) is 75.3 Å². The van der Waals surface area contributed by atoms with Crippen molar-refractivity contribution in [2.45, 2.75) is 18.0 Å². The Kier molecular flexibility index (Phi) is 5.64. The van der Waals surface area contributed by atoms with Crippen LogP contribution in [-0.2, 0) is 23.1 Å². The molecule has 0 radical (unpaired) electrons. The summed E-state index contributed by atoms with van der Waals surface area (Å²) in [7, 11) is -3.67. The lowest BCUT2D eigenvalue weighted by Gasteiger charge is -2.08. The van der Waals surface area contributed by atoms with Crippen LogP contribution in [0.3, 0.4) is 0 Å². The summed E-state index contributed by atoms with van der Waals surface area (Å²) in [6.07, 6.45) is 0. The molecule has 3 aromatic rings. The van der Waals surface area contributed by atoms with Gasteiger partial charge in [0.2, 0.25) is 10.0 Å². The van der Waals surface area contributed by atoms with Crippen molar-refractivity contribution in [1.29, 1.82) is 0 Å². The molecule has 5 nitrogen and oxygen atoms in total. The summed E-state index contributed by atoms with van der Waals surface area (Å²) in [6.45, 7) is 0.652. The van der Waals surface area contributed by atoms with Gasteiger partial charge in [-0.15, -0.1) is 22.7 Å². The molecule has 0 saturated heterocycles. The second-order valence-corrected chi connectivity index (χ2v) is 9.03. The third kappa shape index (κ3) is 4.76. The van der Waals surface area contributed by atoms with Crippen molar-refractivity contribution in [1.82, 2.24) is 10.0 Å². The maximum absolute atomic E-state index is 12.4. The van der Waals surface area contributed by atoms with Crippen LogP contribution in [0.15, 0.2) is 64.2 Å². The van der Waals surface area contributed by atoms with Crippen molar-refractivity contribution in [3.05, 3.63) is 74.6 Å². The minimum Gasteiger partial charge on any atom is -0.347 e. The lowest BCUT2D eigenvalue weighted by Crippen LogP contribution is -2.25. The van der Waals surface area contributed by atoms with Crippen LogP contribution in [0.25, 0.3) is 0 Å². The molecule has 1 aromatic carbocycles. The number of thiophene rings is 2. The second kappa shape index (κ2) is 7.92. The van der Waals surface area contributed by atoms with Crippen LogP contribution in [0.4, 0.5) is 0 Å². The van der Waals surface area contributed by atoms with E-state index < -0.39 is 10.0 Å². The van der Waals surface area contributed by atoms with Gasteiger partial charge in [-0.3, -0.25) is 4.79 Å². The van der Waals surface area contributed by atoms with E-state index >= 15 is 0 Å². The van der Waals surface area contributed by atoms with E-state index in [4.69, 9.17) is 0 Å². The average Bonchev–Trinajstić information content (AvgIpc) is 3.31. The number of carbonyl (C=O) groups excluding carboxylic acids is 1. The van der Waals surface area contributed by atoms with Gasteiger partial charge in [0.25, 0.3) is 5.91 Å². The van der Waals surface area contributed by atoms with E-state index in [1.807, 2.05) is 35.0 Å². The van der Waals surface area contributed by atoms with Crippen LogP contribution in [0, 0.1) is 0 Å². The molecule has 0 fully saturated rings. The molecule has 2 N–H and O–H groups in total. The van der Waals surface area contributed by atoms with Crippen molar-refractivity contribution >= 4 is 38.6 Å². The van der Waals surface area contributed by atoms with Gasteiger partial charge in [-0.05, 0) is 41.1 Å². The predicted octanol–water partition coefficient (Wildman–Crippen LogP) is 3.22. The lowest BCUT2D eigenvalue weighted by atomic mass is 10.2. The number of hydrogen-bond donors (Lipinski definition) is 2. The number of sulfonamides is 1. The molecule has 2 aromatic heterocycles. The number of amides is 1. The third-order valence-electron chi connectivity index (χ3n) is 3.43. The molecule has 8 heteroatoms. The molecule has 0 atom stereocenters. The highest BCUT2D eigenvalue weighted by molar-refractivity contribution is 7.89. The fourth-order valence-electron chi connectivity index (χ4n) is 2.15. The molecular formula is C17H16N2O3S3. The molecule has 2 heterocycles. The lowest BCUT2D eigenvalue weighted by molar-refractivity contribution is 0.0951. The second-order valence-electron chi connectivity index (χ2n) is 5.19. The largest absolute Gasteiger partial charge is 0.347 e.